The third-order valence-corrected chi connectivity index (χ3v) is 4.45. The highest BCUT2D eigenvalue weighted by Gasteiger charge is 2.40. The van der Waals surface area contributed by atoms with Crippen molar-refractivity contribution in [2.24, 2.45) is 5.92 Å². The molecule has 0 spiro atoms. The summed E-state index contributed by atoms with van der Waals surface area (Å²) < 4.78 is 6.46. The van der Waals surface area contributed by atoms with Gasteiger partial charge in [0, 0.05) is 19.1 Å². The highest BCUT2D eigenvalue weighted by atomic mass is 35.5. The summed E-state index contributed by atoms with van der Waals surface area (Å²) in [5.41, 5.74) is 1.96. The average Bonchev–Trinajstić information content (AvgIpc) is 2.64. The SMILES string of the molecule is C=CCCNCC(C)C(OCC)(c1ccccc1)c1ccccc1.Cl. The molecule has 2 nitrogen and oxygen atoms in total. The Balaban J connectivity index is 0.00000312. The molecular formula is C22H30ClNO. The number of hydrogen-bond donors (Lipinski definition) is 1. The lowest BCUT2D eigenvalue weighted by Crippen LogP contribution is -2.43. The fourth-order valence-corrected chi connectivity index (χ4v) is 3.31. The van der Waals surface area contributed by atoms with Crippen LogP contribution in [0.1, 0.15) is 31.4 Å². The second-order valence-electron chi connectivity index (χ2n) is 6.08. The Labute approximate surface area is 158 Å². The summed E-state index contributed by atoms with van der Waals surface area (Å²) in [5.74, 6) is 0.284. The van der Waals surface area contributed by atoms with Crippen LogP contribution in [0.3, 0.4) is 0 Å². The van der Waals surface area contributed by atoms with Gasteiger partial charge in [-0.1, -0.05) is 73.7 Å². The van der Waals surface area contributed by atoms with Gasteiger partial charge in [0.2, 0.25) is 0 Å². The number of ether oxygens (including phenoxy) is 1. The summed E-state index contributed by atoms with van der Waals surface area (Å²) in [4.78, 5) is 0. The monoisotopic (exact) mass is 359 g/mol. The van der Waals surface area contributed by atoms with Gasteiger partial charge in [0.15, 0.2) is 0 Å². The highest BCUT2D eigenvalue weighted by molar-refractivity contribution is 5.85. The Morgan fingerprint density at radius 1 is 1.04 bits per heavy atom. The maximum absolute atomic E-state index is 6.46. The largest absolute Gasteiger partial charge is 0.365 e. The fourth-order valence-electron chi connectivity index (χ4n) is 3.31. The van der Waals surface area contributed by atoms with Crippen molar-refractivity contribution in [2.45, 2.75) is 25.9 Å². The molecule has 1 atom stereocenters. The second kappa shape index (κ2) is 11.1. The van der Waals surface area contributed by atoms with Crippen molar-refractivity contribution in [3.05, 3.63) is 84.4 Å². The van der Waals surface area contributed by atoms with Crippen LogP contribution in [0.5, 0.6) is 0 Å². The topological polar surface area (TPSA) is 21.3 Å². The molecule has 25 heavy (non-hydrogen) atoms. The first kappa shape index (κ1) is 21.4. The summed E-state index contributed by atoms with van der Waals surface area (Å²) in [6.07, 6.45) is 2.92. The fraction of sp³-hybridized carbons (Fsp3) is 0.364. The molecule has 1 N–H and O–H groups in total. The zero-order valence-corrected chi connectivity index (χ0v) is 16.1. The van der Waals surface area contributed by atoms with E-state index in [1.54, 1.807) is 0 Å². The van der Waals surface area contributed by atoms with Crippen LogP contribution in [0.25, 0.3) is 0 Å². The quantitative estimate of drug-likeness (QED) is 0.465. The molecule has 0 radical (unpaired) electrons. The van der Waals surface area contributed by atoms with E-state index < -0.39 is 5.60 Å². The van der Waals surface area contributed by atoms with E-state index in [0.29, 0.717) is 6.61 Å². The number of hydrogen-bond acceptors (Lipinski definition) is 2. The molecule has 0 aliphatic carbocycles. The first-order valence-electron chi connectivity index (χ1n) is 8.82. The molecule has 0 bridgehead atoms. The molecule has 2 rings (SSSR count). The molecule has 0 fully saturated rings. The van der Waals surface area contributed by atoms with Crippen molar-refractivity contribution < 1.29 is 4.74 Å². The van der Waals surface area contributed by atoms with E-state index in [1.165, 1.54) is 11.1 Å². The van der Waals surface area contributed by atoms with Crippen LogP contribution in [0.2, 0.25) is 0 Å². The molecule has 1 unspecified atom stereocenters. The molecule has 0 aliphatic heterocycles. The molecule has 136 valence electrons. The van der Waals surface area contributed by atoms with Gasteiger partial charge in [0.25, 0.3) is 0 Å². The lowest BCUT2D eigenvalue weighted by Gasteiger charge is -2.40. The molecule has 0 heterocycles. The Morgan fingerprint density at radius 3 is 2.00 bits per heavy atom. The summed E-state index contributed by atoms with van der Waals surface area (Å²) in [7, 11) is 0. The van der Waals surface area contributed by atoms with Gasteiger partial charge in [-0.2, -0.15) is 0 Å². The van der Waals surface area contributed by atoms with E-state index in [0.717, 1.165) is 19.5 Å². The minimum Gasteiger partial charge on any atom is -0.365 e. The highest BCUT2D eigenvalue weighted by Crippen LogP contribution is 2.40. The van der Waals surface area contributed by atoms with Crippen molar-refractivity contribution in [1.82, 2.24) is 5.32 Å². The molecule has 2 aromatic rings. The Hall–Kier alpha value is -1.61. The van der Waals surface area contributed by atoms with Crippen LogP contribution >= 0.6 is 12.4 Å². The third-order valence-electron chi connectivity index (χ3n) is 4.45. The molecule has 2 aromatic carbocycles. The molecule has 0 aromatic heterocycles. The predicted molar refractivity (Wildman–Crippen MR) is 109 cm³/mol. The van der Waals surface area contributed by atoms with Crippen LogP contribution < -0.4 is 5.32 Å². The van der Waals surface area contributed by atoms with Gasteiger partial charge >= 0.3 is 0 Å². The Bertz CT molecular complexity index is 560. The predicted octanol–water partition coefficient (Wildman–Crippen LogP) is 5.19. The molecular weight excluding hydrogens is 330 g/mol. The number of rotatable bonds is 10. The summed E-state index contributed by atoms with van der Waals surface area (Å²) >= 11 is 0. The van der Waals surface area contributed by atoms with Gasteiger partial charge in [-0.3, -0.25) is 0 Å². The Kier molecular flexibility index (Phi) is 9.51. The van der Waals surface area contributed by atoms with Gasteiger partial charge in [0.1, 0.15) is 5.60 Å². The maximum Gasteiger partial charge on any atom is 0.122 e. The van der Waals surface area contributed by atoms with Gasteiger partial charge in [-0.25, -0.2) is 0 Å². The number of halogens is 1. The van der Waals surface area contributed by atoms with Crippen molar-refractivity contribution in [2.75, 3.05) is 19.7 Å². The zero-order chi connectivity index (χ0) is 17.3. The Morgan fingerprint density at radius 2 is 1.56 bits per heavy atom. The minimum absolute atomic E-state index is 0. The van der Waals surface area contributed by atoms with Crippen molar-refractivity contribution in [3.63, 3.8) is 0 Å². The molecule has 0 aliphatic rings. The summed E-state index contributed by atoms with van der Waals surface area (Å²) in [6, 6.07) is 21.1. The lowest BCUT2D eigenvalue weighted by molar-refractivity contribution is -0.0506. The van der Waals surface area contributed by atoms with Gasteiger partial charge in [0.05, 0.1) is 0 Å². The molecule has 0 saturated heterocycles. The van der Waals surface area contributed by atoms with Crippen molar-refractivity contribution in [3.8, 4) is 0 Å². The van der Waals surface area contributed by atoms with Gasteiger partial charge in [-0.15, -0.1) is 19.0 Å². The van der Waals surface area contributed by atoms with Gasteiger partial charge in [-0.05, 0) is 31.0 Å². The molecule has 0 saturated carbocycles. The summed E-state index contributed by atoms with van der Waals surface area (Å²) in [5, 5.41) is 3.54. The lowest BCUT2D eigenvalue weighted by atomic mass is 9.76. The van der Waals surface area contributed by atoms with Crippen LogP contribution in [0, 0.1) is 5.92 Å². The smallest absolute Gasteiger partial charge is 0.122 e. The standard InChI is InChI=1S/C22H29NO.ClH/c1-4-6-17-23-18-19(3)22(24-5-2,20-13-9-7-10-14-20)21-15-11-8-12-16-21;/h4,7-16,19,23H,1,5-6,17-18H2,2-3H3;1H. The normalized spacial score (nSPS) is 12.2. The first-order valence-corrected chi connectivity index (χ1v) is 8.82. The van der Waals surface area contributed by atoms with Crippen molar-refractivity contribution in [1.29, 1.82) is 0 Å². The van der Waals surface area contributed by atoms with Gasteiger partial charge < -0.3 is 10.1 Å². The minimum atomic E-state index is -0.446. The van der Waals surface area contributed by atoms with E-state index in [2.05, 4.69) is 86.4 Å². The number of benzene rings is 2. The molecule has 0 amide bonds. The first-order chi connectivity index (χ1) is 11.8. The van der Waals surface area contributed by atoms with Crippen LogP contribution in [-0.2, 0) is 10.3 Å². The van der Waals surface area contributed by atoms with E-state index >= 15 is 0 Å². The third kappa shape index (κ3) is 5.18. The van der Waals surface area contributed by atoms with Crippen LogP contribution in [0.4, 0.5) is 0 Å². The molecule has 3 heteroatoms. The van der Waals surface area contributed by atoms with E-state index in [-0.39, 0.29) is 18.3 Å². The van der Waals surface area contributed by atoms with E-state index in [4.69, 9.17) is 4.74 Å². The van der Waals surface area contributed by atoms with E-state index in [1.807, 2.05) is 6.08 Å². The van der Waals surface area contributed by atoms with E-state index in [9.17, 15) is 0 Å². The summed E-state index contributed by atoms with van der Waals surface area (Å²) in [6.45, 7) is 10.6. The number of nitrogens with one attached hydrogen (secondary N) is 1. The second-order valence-corrected chi connectivity index (χ2v) is 6.08. The van der Waals surface area contributed by atoms with Crippen LogP contribution in [0.15, 0.2) is 73.3 Å². The van der Waals surface area contributed by atoms with Crippen LogP contribution in [-0.4, -0.2) is 19.7 Å². The zero-order valence-electron chi connectivity index (χ0n) is 15.3. The average molecular weight is 360 g/mol. The maximum atomic E-state index is 6.46. The van der Waals surface area contributed by atoms with Crippen molar-refractivity contribution >= 4 is 12.4 Å².